The number of rotatable bonds is 4. The van der Waals surface area contributed by atoms with Crippen molar-refractivity contribution in [2.24, 2.45) is 0 Å². The highest BCUT2D eigenvalue weighted by molar-refractivity contribution is 5.47. The van der Waals surface area contributed by atoms with Gasteiger partial charge in [0.25, 0.3) is 0 Å². The van der Waals surface area contributed by atoms with Crippen LogP contribution >= 0.6 is 0 Å². The number of hydrogen-bond acceptors (Lipinski definition) is 4. The number of nitro groups is 1. The summed E-state index contributed by atoms with van der Waals surface area (Å²) < 4.78 is 0. The molecule has 5 nitrogen and oxygen atoms in total. The minimum atomic E-state index is -0.634. The Morgan fingerprint density at radius 1 is 1.43 bits per heavy atom. The van der Waals surface area contributed by atoms with Gasteiger partial charge in [-0.2, -0.15) is 0 Å². The first kappa shape index (κ1) is 10.5. The maximum atomic E-state index is 10.4. The average Bonchev–Trinajstić information content (AvgIpc) is 2.14. The van der Waals surface area contributed by atoms with E-state index in [4.69, 9.17) is 5.11 Å². The van der Waals surface area contributed by atoms with Crippen LogP contribution in [0.5, 0.6) is 5.75 Å². The van der Waals surface area contributed by atoms with Gasteiger partial charge < -0.3 is 10.2 Å². The highest BCUT2D eigenvalue weighted by Gasteiger charge is 2.12. The van der Waals surface area contributed by atoms with Crippen molar-refractivity contribution in [2.45, 2.75) is 12.8 Å². The van der Waals surface area contributed by atoms with E-state index in [-0.39, 0.29) is 18.0 Å². The molecule has 0 saturated carbocycles. The van der Waals surface area contributed by atoms with Crippen LogP contribution in [0.15, 0.2) is 18.2 Å². The first-order valence-corrected chi connectivity index (χ1v) is 4.22. The Morgan fingerprint density at radius 3 is 2.64 bits per heavy atom. The molecule has 0 bridgehead atoms. The molecule has 0 saturated heterocycles. The van der Waals surface area contributed by atoms with Gasteiger partial charge >= 0.3 is 5.69 Å². The van der Waals surface area contributed by atoms with Crippen LogP contribution in [-0.2, 0) is 6.42 Å². The summed E-state index contributed by atoms with van der Waals surface area (Å²) in [6.07, 6.45) is 1.18. The Kier molecular flexibility index (Phi) is 3.41. The highest BCUT2D eigenvalue weighted by atomic mass is 16.6. The van der Waals surface area contributed by atoms with Crippen molar-refractivity contribution in [1.29, 1.82) is 0 Å². The molecule has 0 unspecified atom stereocenters. The molecule has 0 atom stereocenters. The smallest absolute Gasteiger partial charge is 0.310 e. The van der Waals surface area contributed by atoms with Gasteiger partial charge in [0.05, 0.1) is 4.92 Å². The van der Waals surface area contributed by atoms with Gasteiger partial charge in [-0.25, -0.2) is 0 Å². The fraction of sp³-hybridized carbons (Fsp3) is 0.333. The lowest BCUT2D eigenvalue weighted by Crippen LogP contribution is -1.92. The zero-order chi connectivity index (χ0) is 10.6. The minimum Gasteiger partial charge on any atom is -0.502 e. The minimum absolute atomic E-state index is 0.0672. The second kappa shape index (κ2) is 4.57. The zero-order valence-corrected chi connectivity index (χ0v) is 7.51. The topological polar surface area (TPSA) is 83.6 Å². The van der Waals surface area contributed by atoms with Gasteiger partial charge in [0.15, 0.2) is 5.75 Å². The first-order chi connectivity index (χ1) is 6.65. The zero-order valence-electron chi connectivity index (χ0n) is 7.51. The SMILES string of the molecule is O=[N+]([O-])c1ccc(CCCO)cc1O. The van der Waals surface area contributed by atoms with E-state index in [0.29, 0.717) is 12.8 Å². The molecule has 1 aromatic rings. The lowest BCUT2D eigenvalue weighted by molar-refractivity contribution is -0.385. The third-order valence-electron chi connectivity index (χ3n) is 1.86. The lowest BCUT2D eigenvalue weighted by atomic mass is 10.1. The van der Waals surface area contributed by atoms with Crippen LogP contribution < -0.4 is 0 Å². The number of nitro benzene ring substituents is 1. The number of aliphatic hydroxyl groups excluding tert-OH is 1. The second-order valence-electron chi connectivity index (χ2n) is 2.91. The molecule has 0 radical (unpaired) electrons. The van der Waals surface area contributed by atoms with E-state index in [1.807, 2.05) is 0 Å². The van der Waals surface area contributed by atoms with Crippen molar-refractivity contribution in [3.05, 3.63) is 33.9 Å². The Bertz CT molecular complexity index is 338. The maximum Gasteiger partial charge on any atom is 0.310 e. The molecule has 0 fully saturated rings. The Morgan fingerprint density at radius 2 is 2.14 bits per heavy atom. The van der Waals surface area contributed by atoms with E-state index in [2.05, 4.69) is 0 Å². The number of benzene rings is 1. The Balaban J connectivity index is 2.83. The molecule has 0 aliphatic rings. The Labute approximate surface area is 80.8 Å². The summed E-state index contributed by atoms with van der Waals surface area (Å²) in [4.78, 5) is 9.72. The van der Waals surface area contributed by atoms with Crippen molar-refractivity contribution < 1.29 is 15.1 Å². The molecule has 0 aromatic heterocycles. The summed E-state index contributed by atoms with van der Waals surface area (Å²) in [6.45, 7) is 0.0672. The van der Waals surface area contributed by atoms with E-state index in [9.17, 15) is 15.2 Å². The molecule has 0 spiro atoms. The Hall–Kier alpha value is -1.62. The molecule has 14 heavy (non-hydrogen) atoms. The quantitative estimate of drug-likeness (QED) is 0.561. The molecule has 0 aliphatic carbocycles. The van der Waals surface area contributed by atoms with Crippen molar-refractivity contribution >= 4 is 5.69 Å². The summed E-state index contributed by atoms with van der Waals surface area (Å²) in [7, 11) is 0. The van der Waals surface area contributed by atoms with E-state index in [1.165, 1.54) is 12.1 Å². The summed E-state index contributed by atoms with van der Waals surface area (Å²) in [5.74, 6) is -0.328. The number of nitrogens with zero attached hydrogens (tertiary/aromatic N) is 1. The van der Waals surface area contributed by atoms with E-state index in [1.54, 1.807) is 6.07 Å². The number of aliphatic hydroxyl groups is 1. The van der Waals surface area contributed by atoms with Crippen LogP contribution in [0.25, 0.3) is 0 Å². The number of hydrogen-bond donors (Lipinski definition) is 2. The van der Waals surface area contributed by atoms with Crippen LogP contribution in [0, 0.1) is 10.1 Å². The van der Waals surface area contributed by atoms with Crippen LogP contribution in [0.4, 0.5) is 5.69 Å². The molecular formula is C9H11NO4. The standard InChI is InChI=1S/C9H11NO4/c11-5-1-2-7-3-4-8(10(13)14)9(12)6-7/h3-4,6,11-12H,1-2,5H2. The second-order valence-corrected chi connectivity index (χ2v) is 2.91. The van der Waals surface area contributed by atoms with Crippen molar-refractivity contribution in [3.63, 3.8) is 0 Å². The van der Waals surface area contributed by atoms with Gasteiger partial charge in [0, 0.05) is 12.7 Å². The molecule has 5 heteroatoms. The molecule has 0 amide bonds. The third kappa shape index (κ3) is 2.43. The first-order valence-electron chi connectivity index (χ1n) is 4.22. The molecule has 1 aromatic carbocycles. The van der Waals surface area contributed by atoms with Crippen LogP contribution in [0.1, 0.15) is 12.0 Å². The van der Waals surface area contributed by atoms with Gasteiger partial charge in [-0.05, 0) is 24.5 Å². The van der Waals surface area contributed by atoms with Gasteiger partial charge in [-0.1, -0.05) is 6.07 Å². The van der Waals surface area contributed by atoms with Crippen LogP contribution in [0.3, 0.4) is 0 Å². The fourth-order valence-electron chi connectivity index (χ4n) is 1.16. The lowest BCUT2D eigenvalue weighted by Gasteiger charge is -2.00. The molecule has 0 heterocycles. The summed E-state index contributed by atoms with van der Waals surface area (Å²) >= 11 is 0. The highest BCUT2D eigenvalue weighted by Crippen LogP contribution is 2.26. The molecule has 2 N–H and O–H groups in total. The maximum absolute atomic E-state index is 10.4. The summed E-state index contributed by atoms with van der Waals surface area (Å²) in [5.41, 5.74) is 0.486. The monoisotopic (exact) mass is 197 g/mol. The number of aromatic hydroxyl groups is 1. The largest absolute Gasteiger partial charge is 0.502 e. The van der Waals surface area contributed by atoms with Crippen molar-refractivity contribution in [1.82, 2.24) is 0 Å². The van der Waals surface area contributed by atoms with E-state index in [0.717, 1.165) is 5.56 Å². The predicted octanol–water partition coefficient (Wildman–Crippen LogP) is 1.23. The molecule has 1 rings (SSSR count). The molecule has 0 aliphatic heterocycles. The molecule has 76 valence electrons. The number of phenolic OH excluding ortho intramolecular Hbond substituents is 1. The van der Waals surface area contributed by atoms with E-state index < -0.39 is 4.92 Å². The van der Waals surface area contributed by atoms with Gasteiger partial charge in [0.2, 0.25) is 0 Å². The van der Waals surface area contributed by atoms with Gasteiger partial charge in [-0.15, -0.1) is 0 Å². The summed E-state index contributed by atoms with van der Waals surface area (Å²) in [5, 5.41) is 28.2. The van der Waals surface area contributed by atoms with Crippen LogP contribution in [0.2, 0.25) is 0 Å². The number of phenols is 1. The van der Waals surface area contributed by atoms with Gasteiger partial charge in [-0.3, -0.25) is 10.1 Å². The van der Waals surface area contributed by atoms with Crippen molar-refractivity contribution in [2.75, 3.05) is 6.61 Å². The normalized spacial score (nSPS) is 10.1. The predicted molar refractivity (Wildman–Crippen MR) is 50.2 cm³/mol. The van der Waals surface area contributed by atoms with Gasteiger partial charge in [0.1, 0.15) is 0 Å². The summed E-state index contributed by atoms with van der Waals surface area (Å²) in [6, 6.07) is 4.20. The van der Waals surface area contributed by atoms with E-state index >= 15 is 0 Å². The average molecular weight is 197 g/mol. The molecular weight excluding hydrogens is 186 g/mol. The fourth-order valence-corrected chi connectivity index (χ4v) is 1.16. The van der Waals surface area contributed by atoms with Crippen LogP contribution in [-0.4, -0.2) is 21.7 Å². The number of aryl methyl sites for hydroxylation is 1. The third-order valence-corrected chi connectivity index (χ3v) is 1.86. The van der Waals surface area contributed by atoms with Crippen molar-refractivity contribution in [3.8, 4) is 5.75 Å².